The van der Waals surface area contributed by atoms with E-state index in [0.29, 0.717) is 18.0 Å². The summed E-state index contributed by atoms with van der Waals surface area (Å²) in [5.74, 6) is -2.55. The first-order chi connectivity index (χ1) is 14.6. The predicted octanol–water partition coefficient (Wildman–Crippen LogP) is 3.84. The van der Waals surface area contributed by atoms with Crippen molar-refractivity contribution in [2.45, 2.75) is 44.9 Å². The topological polar surface area (TPSA) is 73.9 Å². The number of hydrogen-bond acceptors (Lipinski definition) is 6. The summed E-state index contributed by atoms with van der Waals surface area (Å²) in [6.45, 7) is 3.83. The van der Waals surface area contributed by atoms with Crippen LogP contribution in [0.25, 0.3) is 0 Å². The summed E-state index contributed by atoms with van der Waals surface area (Å²) in [7, 11) is 1.17. The maximum atomic E-state index is 13.3. The second-order valence-electron chi connectivity index (χ2n) is 7.48. The molecule has 0 saturated carbocycles. The van der Waals surface area contributed by atoms with Crippen LogP contribution in [-0.2, 0) is 30.0 Å². The van der Waals surface area contributed by atoms with Crippen molar-refractivity contribution in [1.29, 1.82) is 0 Å². The number of methoxy groups -OCH3 is 1. The average Bonchev–Trinajstić information content (AvgIpc) is 3.24. The molecule has 0 bridgehead atoms. The Morgan fingerprint density at radius 2 is 1.84 bits per heavy atom. The lowest BCUT2D eigenvalue weighted by molar-refractivity contribution is -0.142. The average molecular weight is 439 g/mol. The van der Waals surface area contributed by atoms with E-state index in [0.717, 1.165) is 25.0 Å². The van der Waals surface area contributed by atoms with Gasteiger partial charge in [-0.15, -0.1) is 0 Å². The minimum Gasteiger partial charge on any atom is -0.466 e. The quantitative estimate of drug-likeness (QED) is 0.703. The first kappa shape index (κ1) is 22.9. The Labute approximate surface area is 178 Å². The summed E-state index contributed by atoms with van der Waals surface area (Å²) >= 11 is 0. The molecule has 1 aromatic rings. The number of dihydropyridines is 1. The van der Waals surface area contributed by atoms with Gasteiger partial charge in [0, 0.05) is 18.0 Å². The van der Waals surface area contributed by atoms with E-state index in [1.807, 2.05) is 0 Å². The van der Waals surface area contributed by atoms with E-state index in [1.165, 1.54) is 19.2 Å². The van der Waals surface area contributed by atoms with Gasteiger partial charge in [-0.25, -0.2) is 9.59 Å². The van der Waals surface area contributed by atoms with Crippen molar-refractivity contribution in [2.24, 2.45) is 0 Å². The van der Waals surface area contributed by atoms with Crippen LogP contribution >= 0.6 is 0 Å². The number of halogens is 3. The SMILES string of the molecule is COC(=O)C1=C(C)NC(C)=C(C(=O)OCC2CCCO2)C1c1cccc(C(F)(F)F)c1. The second kappa shape index (κ2) is 9.13. The third-order valence-corrected chi connectivity index (χ3v) is 5.36. The highest BCUT2D eigenvalue weighted by molar-refractivity contribution is 5.99. The molecule has 168 valence electrons. The second-order valence-corrected chi connectivity index (χ2v) is 7.48. The highest BCUT2D eigenvalue weighted by Crippen LogP contribution is 2.41. The Bertz CT molecular complexity index is 929. The summed E-state index contributed by atoms with van der Waals surface area (Å²) in [4.78, 5) is 25.6. The lowest BCUT2D eigenvalue weighted by Crippen LogP contribution is -2.33. The molecule has 0 radical (unpaired) electrons. The molecule has 2 heterocycles. The molecule has 2 aliphatic heterocycles. The number of carbonyl (C=O) groups is 2. The molecule has 2 atom stereocenters. The van der Waals surface area contributed by atoms with E-state index in [-0.39, 0.29) is 29.4 Å². The number of benzene rings is 1. The standard InChI is InChI=1S/C22H24F3NO5/c1-12-17(20(27)29-3)19(14-6-4-7-15(10-14)22(23,24)25)18(13(2)26-12)21(28)31-11-16-8-5-9-30-16/h4,6-7,10,16,19,26H,5,8-9,11H2,1-3H3. The number of hydrogen-bond donors (Lipinski definition) is 1. The lowest BCUT2D eigenvalue weighted by Gasteiger charge is -2.30. The molecule has 2 aliphatic rings. The molecule has 1 saturated heterocycles. The monoisotopic (exact) mass is 439 g/mol. The molecule has 0 aliphatic carbocycles. The maximum Gasteiger partial charge on any atom is 0.416 e. The number of alkyl halides is 3. The number of esters is 2. The number of rotatable bonds is 5. The van der Waals surface area contributed by atoms with Gasteiger partial charge in [0.05, 0.1) is 35.8 Å². The molecule has 0 amide bonds. The van der Waals surface area contributed by atoms with Gasteiger partial charge in [-0.1, -0.05) is 18.2 Å². The number of carbonyl (C=O) groups excluding carboxylic acids is 2. The molecule has 2 unspecified atom stereocenters. The molecule has 0 aromatic heterocycles. The molecule has 9 heteroatoms. The number of nitrogens with one attached hydrogen (secondary N) is 1. The normalized spacial score (nSPS) is 21.7. The summed E-state index contributed by atoms with van der Waals surface area (Å²) < 4.78 is 55.7. The van der Waals surface area contributed by atoms with Gasteiger partial charge < -0.3 is 19.5 Å². The molecule has 1 fully saturated rings. The van der Waals surface area contributed by atoms with E-state index in [1.54, 1.807) is 13.8 Å². The zero-order valence-corrected chi connectivity index (χ0v) is 17.5. The van der Waals surface area contributed by atoms with E-state index in [4.69, 9.17) is 14.2 Å². The van der Waals surface area contributed by atoms with Gasteiger partial charge in [-0.2, -0.15) is 13.2 Å². The summed E-state index contributed by atoms with van der Waals surface area (Å²) in [6.07, 6.45) is -3.17. The van der Waals surface area contributed by atoms with Gasteiger partial charge >= 0.3 is 18.1 Å². The third kappa shape index (κ3) is 4.92. The fourth-order valence-electron chi connectivity index (χ4n) is 3.90. The van der Waals surface area contributed by atoms with Gasteiger partial charge in [0.1, 0.15) is 6.61 Å². The van der Waals surface area contributed by atoms with Crippen LogP contribution in [0.1, 0.15) is 43.7 Å². The van der Waals surface area contributed by atoms with Crippen molar-refractivity contribution >= 4 is 11.9 Å². The highest BCUT2D eigenvalue weighted by Gasteiger charge is 2.39. The van der Waals surface area contributed by atoms with Crippen molar-refractivity contribution in [3.8, 4) is 0 Å². The molecule has 3 rings (SSSR count). The van der Waals surface area contributed by atoms with Gasteiger partial charge in [-0.05, 0) is 38.3 Å². The van der Waals surface area contributed by atoms with Crippen molar-refractivity contribution in [3.05, 3.63) is 57.9 Å². The third-order valence-electron chi connectivity index (χ3n) is 5.36. The van der Waals surface area contributed by atoms with Crippen molar-refractivity contribution in [1.82, 2.24) is 5.32 Å². The largest absolute Gasteiger partial charge is 0.466 e. The van der Waals surface area contributed by atoms with Crippen LogP contribution in [0.2, 0.25) is 0 Å². The fraction of sp³-hybridized carbons (Fsp3) is 0.455. The van der Waals surface area contributed by atoms with Crippen LogP contribution in [0, 0.1) is 0 Å². The van der Waals surface area contributed by atoms with Crippen LogP contribution in [0.15, 0.2) is 46.8 Å². The summed E-state index contributed by atoms with van der Waals surface area (Å²) in [5, 5.41) is 2.95. The summed E-state index contributed by atoms with van der Waals surface area (Å²) in [6, 6.07) is 4.56. The van der Waals surface area contributed by atoms with E-state index in [9.17, 15) is 22.8 Å². The van der Waals surface area contributed by atoms with Gasteiger partial charge in [-0.3, -0.25) is 0 Å². The first-order valence-electron chi connectivity index (χ1n) is 9.86. The Balaban J connectivity index is 2.03. The molecule has 31 heavy (non-hydrogen) atoms. The van der Waals surface area contributed by atoms with Gasteiger partial charge in [0.25, 0.3) is 0 Å². The van der Waals surface area contributed by atoms with E-state index < -0.39 is 29.6 Å². The minimum atomic E-state index is -4.58. The lowest BCUT2D eigenvalue weighted by atomic mass is 9.80. The van der Waals surface area contributed by atoms with Crippen LogP contribution in [0.5, 0.6) is 0 Å². The van der Waals surface area contributed by atoms with Gasteiger partial charge in [0.2, 0.25) is 0 Å². The van der Waals surface area contributed by atoms with Crippen molar-refractivity contribution in [2.75, 3.05) is 20.3 Å². The zero-order chi connectivity index (χ0) is 22.8. The van der Waals surface area contributed by atoms with E-state index >= 15 is 0 Å². The Morgan fingerprint density at radius 3 is 2.42 bits per heavy atom. The molecule has 6 nitrogen and oxygen atoms in total. The molecular weight excluding hydrogens is 415 g/mol. The van der Waals surface area contributed by atoms with Crippen LogP contribution in [0.4, 0.5) is 13.2 Å². The molecule has 1 aromatic carbocycles. The molecular formula is C22H24F3NO5. The van der Waals surface area contributed by atoms with Crippen molar-refractivity contribution < 1.29 is 37.0 Å². The van der Waals surface area contributed by atoms with Crippen LogP contribution < -0.4 is 5.32 Å². The van der Waals surface area contributed by atoms with Crippen LogP contribution in [-0.4, -0.2) is 38.4 Å². The van der Waals surface area contributed by atoms with Crippen LogP contribution in [0.3, 0.4) is 0 Å². The Kier molecular flexibility index (Phi) is 6.74. The number of ether oxygens (including phenoxy) is 3. The zero-order valence-electron chi connectivity index (χ0n) is 17.5. The summed E-state index contributed by atoms with van der Waals surface area (Å²) in [5.41, 5.74) is 0.154. The predicted molar refractivity (Wildman–Crippen MR) is 105 cm³/mol. The van der Waals surface area contributed by atoms with Gasteiger partial charge in [0.15, 0.2) is 0 Å². The maximum absolute atomic E-state index is 13.3. The highest BCUT2D eigenvalue weighted by atomic mass is 19.4. The minimum absolute atomic E-state index is 0.0289. The number of allylic oxidation sites excluding steroid dienone is 2. The Morgan fingerprint density at radius 1 is 1.16 bits per heavy atom. The fourth-order valence-corrected chi connectivity index (χ4v) is 3.90. The molecule has 1 N–H and O–H groups in total. The first-order valence-corrected chi connectivity index (χ1v) is 9.86. The smallest absolute Gasteiger partial charge is 0.416 e. The Hall–Kier alpha value is -2.81. The molecule has 0 spiro atoms. The van der Waals surface area contributed by atoms with E-state index in [2.05, 4.69) is 5.32 Å². The van der Waals surface area contributed by atoms with Crippen molar-refractivity contribution in [3.63, 3.8) is 0 Å².